The lowest BCUT2D eigenvalue weighted by Gasteiger charge is -2.40. The summed E-state index contributed by atoms with van der Waals surface area (Å²) in [7, 11) is 3.85. The summed E-state index contributed by atoms with van der Waals surface area (Å²) in [6.45, 7) is 2.43. The van der Waals surface area contributed by atoms with Crippen LogP contribution in [0.3, 0.4) is 0 Å². The van der Waals surface area contributed by atoms with Gasteiger partial charge in [-0.05, 0) is 76.1 Å². The zero-order valence-electron chi connectivity index (χ0n) is 30.5. The third kappa shape index (κ3) is 6.99. The van der Waals surface area contributed by atoms with Crippen molar-refractivity contribution in [2.45, 2.75) is 75.9 Å². The van der Waals surface area contributed by atoms with E-state index >= 15 is 0 Å². The molecule has 3 aliphatic rings. The lowest BCUT2D eigenvalue weighted by Crippen LogP contribution is -2.45. The molecule has 6 heterocycles. The summed E-state index contributed by atoms with van der Waals surface area (Å²) < 4.78 is 34.2. The Morgan fingerprint density at radius 3 is 2.58 bits per heavy atom. The Balaban J connectivity index is 0.879. The molecular formula is C37H42ClF2N11O4. The largest absolute Gasteiger partial charge is 0.370 e. The molecule has 8 rings (SSSR count). The molecular weight excluding hydrogens is 736 g/mol. The number of rotatable bonds is 9. The van der Waals surface area contributed by atoms with E-state index in [0.29, 0.717) is 33.7 Å². The van der Waals surface area contributed by atoms with Crippen LogP contribution in [-0.2, 0) is 16.6 Å². The Bertz CT molecular complexity index is 2340. The molecule has 0 radical (unpaired) electrons. The molecule has 1 atom stereocenters. The van der Waals surface area contributed by atoms with Crippen LogP contribution in [0.1, 0.15) is 85.9 Å². The van der Waals surface area contributed by atoms with E-state index in [2.05, 4.69) is 42.7 Å². The van der Waals surface area contributed by atoms with Crippen LogP contribution >= 0.6 is 11.6 Å². The van der Waals surface area contributed by atoms with Crippen LogP contribution in [0.15, 0.2) is 47.8 Å². The summed E-state index contributed by atoms with van der Waals surface area (Å²) >= 11 is 6.62. The zero-order valence-corrected chi connectivity index (χ0v) is 31.3. The molecule has 1 aromatic carbocycles. The number of benzene rings is 1. The van der Waals surface area contributed by atoms with Crippen LogP contribution < -0.4 is 21.2 Å². The van der Waals surface area contributed by atoms with E-state index in [0.717, 1.165) is 63.8 Å². The number of alkyl halides is 2. The molecule has 15 nitrogen and oxygen atoms in total. The van der Waals surface area contributed by atoms with Gasteiger partial charge in [-0.3, -0.25) is 33.5 Å². The van der Waals surface area contributed by atoms with Gasteiger partial charge in [0.25, 0.3) is 12.3 Å². The average Bonchev–Trinajstić information content (AvgIpc) is 3.86. The first kappa shape index (κ1) is 36.8. The highest BCUT2D eigenvalue weighted by Crippen LogP contribution is 2.37. The number of imide groups is 1. The first-order valence-corrected chi connectivity index (χ1v) is 19.0. The molecule has 1 unspecified atom stereocenters. The highest BCUT2D eigenvalue weighted by atomic mass is 35.5. The highest BCUT2D eigenvalue weighted by Gasteiger charge is 2.34. The molecule has 18 heteroatoms. The Morgan fingerprint density at radius 2 is 1.85 bits per heavy atom. The lowest BCUT2D eigenvalue weighted by atomic mass is 9.85. The Labute approximate surface area is 319 Å². The van der Waals surface area contributed by atoms with Crippen molar-refractivity contribution in [3.05, 3.63) is 69.8 Å². The lowest BCUT2D eigenvalue weighted by molar-refractivity contribution is -0.135. The van der Waals surface area contributed by atoms with E-state index in [4.69, 9.17) is 11.6 Å². The molecule has 2 saturated heterocycles. The number of carbonyl (C=O) groups excluding carboxylic acids is 3. The van der Waals surface area contributed by atoms with Crippen LogP contribution in [0.4, 0.5) is 20.2 Å². The second-order valence-electron chi connectivity index (χ2n) is 14.9. The van der Waals surface area contributed by atoms with Gasteiger partial charge < -0.3 is 15.1 Å². The number of carbonyl (C=O) groups is 3. The van der Waals surface area contributed by atoms with Gasteiger partial charge in [-0.2, -0.15) is 10.2 Å². The SMILES string of the molecule is CN(C[C@H]1CC[C@H](n2cc(NC(=O)c3cnn4cccnc34)c(C(F)F)n2)CC1)C1CCN(c2cc(Cl)cc3c2n(C)c(=O)n3C2CCC(=O)NC2=O)CC1. The van der Waals surface area contributed by atoms with Crippen molar-refractivity contribution in [3.8, 4) is 0 Å². The van der Waals surface area contributed by atoms with Gasteiger partial charge in [0.15, 0.2) is 11.3 Å². The number of aryl methyl sites for hydroxylation is 1. The van der Waals surface area contributed by atoms with E-state index in [-0.39, 0.29) is 41.7 Å². The molecule has 290 valence electrons. The number of anilines is 2. The number of nitrogens with one attached hydrogen (secondary N) is 2. The van der Waals surface area contributed by atoms with E-state index < -0.39 is 30.0 Å². The fraction of sp³-hybridized carbons (Fsp3) is 0.486. The highest BCUT2D eigenvalue weighted by molar-refractivity contribution is 6.31. The monoisotopic (exact) mass is 777 g/mol. The first-order chi connectivity index (χ1) is 26.5. The number of halogens is 3. The maximum atomic E-state index is 14.1. The minimum Gasteiger partial charge on any atom is -0.370 e. The van der Waals surface area contributed by atoms with E-state index in [1.165, 1.54) is 27.7 Å². The number of piperidine rings is 2. The number of hydrogen-bond acceptors (Lipinski definition) is 9. The molecule has 55 heavy (non-hydrogen) atoms. The number of amides is 3. The topological polar surface area (TPSA) is 157 Å². The summed E-state index contributed by atoms with van der Waals surface area (Å²) in [4.78, 5) is 59.9. The van der Waals surface area contributed by atoms with Crippen LogP contribution in [0.2, 0.25) is 5.02 Å². The van der Waals surface area contributed by atoms with Gasteiger partial charge in [-0.25, -0.2) is 23.1 Å². The number of hydrogen-bond donors (Lipinski definition) is 2. The quantitative estimate of drug-likeness (QED) is 0.202. The molecule has 4 aromatic heterocycles. The van der Waals surface area contributed by atoms with Crippen LogP contribution in [0.25, 0.3) is 16.7 Å². The second kappa shape index (κ2) is 14.8. The Hall–Kier alpha value is -5.16. The summed E-state index contributed by atoms with van der Waals surface area (Å²) in [5, 5.41) is 13.8. The van der Waals surface area contributed by atoms with Crippen molar-refractivity contribution in [1.82, 2.24) is 43.7 Å². The molecule has 0 bridgehead atoms. The second-order valence-corrected chi connectivity index (χ2v) is 15.3. The van der Waals surface area contributed by atoms with Gasteiger partial charge in [-0.15, -0.1) is 0 Å². The van der Waals surface area contributed by atoms with Gasteiger partial charge in [0.1, 0.15) is 11.6 Å². The van der Waals surface area contributed by atoms with Gasteiger partial charge in [-0.1, -0.05) is 11.6 Å². The van der Waals surface area contributed by atoms with Crippen LogP contribution in [0.5, 0.6) is 0 Å². The van der Waals surface area contributed by atoms with Gasteiger partial charge in [0.05, 0.1) is 34.6 Å². The van der Waals surface area contributed by atoms with Crippen LogP contribution in [-0.4, -0.2) is 88.9 Å². The smallest absolute Gasteiger partial charge is 0.329 e. The van der Waals surface area contributed by atoms with Crippen molar-refractivity contribution in [2.24, 2.45) is 13.0 Å². The molecule has 0 spiro atoms. The van der Waals surface area contributed by atoms with Crippen molar-refractivity contribution < 1.29 is 23.2 Å². The summed E-state index contributed by atoms with van der Waals surface area (Å²) in [5.41, 5.74) is 1.82. The molecule has 3 amide bonds. The predicted octanol–water partition coefficient (Wildman–Crippen LogP) is 4.73. The molecule has 2 aliphatic heterocycles. The summed E-state index contributed by atoms with van der Waals surface area (Å²) in [6, 6.07) is 4.78. The number of fused-ring (bicyclic) bond motifs is 2. The standard InChI is InChI=1S/C37H42ClF2N11O4/c1-46(23-10-14-48(15-11-23)28-16-22(38)17-29-32(28)47(2)37(55)51(29)27-8-9-30(52)44-36(27)54)19-21-4-6-24(7-5-21)50-20-26(31(45-50)33(39)40)43-35(53)25-18-42-49-13-3-12-41-34(25)49/h3,12-13,16-18,20-21,23-24,27,33H,4-11,14-15,19H2,1-2H3,(H,43,53)(H,44,52,54)/t21-,24-,27?. The van der Waals surface area contributed by atoms with E-state index in [9.17, 15) is 28.0 Å². The van der Waals surface area contributed by atoms with Crippen molar-refractivity contribution in [2.75, 3.05) is 36.9 Å². The van der Waals surface area contributed by atoms with E-state index in [1.54, 1.807) is 34.6 Å². The van der Waals surface area contributed by atoms with Crippen molar-refractivity contribution in [3.63, 3.8) is 0 Å². The predicted molar refractivity (Wildman–Crippen MR) is 201 cm³/mol. The molecule has 2 N–H and O–H groups in total. The zero-order chi connectivity index (χ0) is 38.5. The normalized spacial score (nSPS) is 21.3. The molecule has 3 fully saturated rings. The maximum Gasteiger partial charge on any atom is 0.329 e. The van der Waals surface area contributed by atoms with Gasteiger partial charge in [0, 0.05) is 62.8 Å². The van der Waals surface area contributed by atoms with E-state index in [1.807, 2.05) is 6.07 Å². The average molecular weight is 778 g/mol. The summed E-state index contributed by atoms with van der Waals surface area (Å²) in [6.07, 6.45) is 8.84. The fourth-order valence-corrected chi connectivity index (χ4v) is 8.86. The minimum absolute atomic E-state index is 0.0175. The third-order valence-corrected chi connectivity index (χ3v) is 11.8. The molecule has 1 saturated carbocycles. The number of imidazole rings is 1. The number of aromatic nitrogens is 7. The minimum atomic E-state index is -2.86. The Kier molecular flexibility index (Phi) is 9.92. The number of nitrogens with zero attached hydrogens (tertiary/aromatic N) is 9. The fourth-order valence-electron chi connectivity index (χ4n) is 8.65. The summed E-state index contributed by atoms with van der Waals surface area (Å²) in [5.74, 6) is -0.962. The molecule has 1 aliphatic carbocycles. The van der Waals surface area contributed by atoms with Gasteiger partial charge >= 0.3 is 5.69 Å². The third-order valence-electron chi connectivity index (χ3n) is 11.5. The maximum absolute atomic E-state index is 14.1. The van der Waals surface area contributed by atoms with Crippen LogP contribution in [0, 0.1) is 5.92 Å². The molecule has 5 aromatic rings. The van der Waals surface area contributed by atoms with Crippen molar-refractivity contribution in [1.29, 1.82) is 0 Å². The van der Waals surface area contributed by atoms with Crippen molar-refractivity contribution >= 4 is 57.4 Å². The van der Waals surface area contributed by atoms with Gasteiger partial charge in [0.2, 0.25) is 11.8 Å². The Morgan fingerprint density at radius 1 is 1.09 bits per heavy atom. The first-order valence-electron chi connectivity index (χ1n) is 18.6.